The van der Waals surface area contributed by atoms with Gasteiger partial charge in [-0.2, -0.15) is 0 Å². The van der Waals surface area contributed by atoms with Gasteiger partial charge < -0.3 is 18.7 Å². The van der Waals surface area contributed by atoms with Crippen molar-refractivity contribution in [3.63, 3.8) is 0 Å². The van der Waals surface area contributed by atoms with Crippen LogP contribution in [0.25, 0.3) is 0 Å². The molecule has 2 aromatic rings. The smallest absolute Gasteiger partial charge is 0.338 e. The molecule has 3 atom stereocenters. The predicted molar refractivity (Wildman–Crippen MR) is 120 cm³/mol. The van der Waals surface area contributed by atoms with Gasteiger partial charge in [0.25, 0.3) is 5.88 Å². The van der Waals surface area contributed by atoms with E-state index in [0.717, 1.165) is 38.8 Å². The highest BCUT2D eigenvalue weighted by Crippen LogP contribution is 2.39. The Balaban J connectivity index is 1.36. The van der Waals surface area contributed by atoms with Crippen LogP contribution in [0.5, 0.6) is 5.88 Å². The van der Waals surface area contributed by atoms with Crippen molar-refractivity contribution in [3.05, 3.63) is 47.7 Å². The summed E-state index contributed by atoms with van der Waals surface area (Å²) >= 11 is 0. The van der Waals surface area contributed by atoms with E-state index < -0.39 is 5.92 Å². The minimum absolute atomic E-state index is 0.0109. The Bertz CT molecular complexity index is 959. The maximum atomic E-state index is 12.4. The molecule has 2 aliphatic heterocycles. The van der Waals surface area contributed by atoms with Gasteiger partial charge in [0, 0.05) is 12.6 Å². The number of piperidine rings is 1. The van der Waals surface area contributed by atoms with Crippen LogP contribution in [-0.4, -0.2) is 60.4 Å². The molecule has 8 heteroatoms. The summed E-state index contributed by atoms with van der Waals surface area (Å²) in [6, 6.07) is 10.8. The van der Waals surface area contributed by atoms with Gasteiger partial charge in [-0.1, -0.05) is 32.0 Å². The zero-order valence-corrected chi connectivity index (χ0v) is 19.5. The van der Waals surface area contributed by atoms with Crippen molar-refractivity contribution >= 4 is 11.9 Å². The zero-order valence-electron chi connectivity index (χ0n) is 19.5. The Morgan fingerprint density at radius 1 is 1.24 bits per heavy atom. The summed E-state index contributed by atoms with van der Waals surface area (Å²) in [5.41, 5.74) is 0.441. The van der Waals surface area contributed by atoms with E-state index in [2.05, 4.69) is 10.1 Å². The van der Waals surface area contributed by atoms with Gasteiger partial charge in [0.2, 0.25) is 0 Å². The maximum absolute atomic E-state index is 12.4. The molecular formula is C25H32N2O6. The normalized spacial score (nSPS) is 23.7. The average Bonchev–Trinajstić information content (AvgIpc) is 3.45. The fraction of sp³-hybridized carbons (Fsp3) is 0.560. The van der Waals surface area contributed by atoms with Crippen molar-refractivity contribution in [1.82, 2.24) is 10.1 Å². The molecule has 8 nitrogen and oxygen atoms in total. The number of benzene rings is 1. The molecule has 1 aromatic carbocycles. The Morgan fingerprint density at radius 2 is 2.03 bits per heavy atom. The van der Waals surface area contributed by atoms with Gasteiger partial charge in [-0.3, -0.25) is 9.69 Å². The monoisotopic (exact) mass is 456 g/mol. The van der Waals surface area contributed by atoms with Gasteiger partial charge in [0.15, 0.2) is 5.76 Å². The van der Waals surface area contributed by atoms with Gasteiger partial charge in [-0.25, -0.2) is 4.79 Å². The van der Waals surface area contributed by atoms with Crippen LogP contribution in [0.1, 0.15) is 61.6 Å². The second-order valence-electron chi connectivity index (χ2n) is 9.31. The molecule has 4 rings (SSSR count). The standard InChI is InChI=1S/C25H32N2O6/c1-17(2)22(24(29)30-3)20-14-21(26-33-20)32-19-10-12-25(11-7-13-27(25)15-19)16-31-23(28)18-8-5-4-6-9-18/h4-6,8-9,14,17,19,22H,7,10-13,15-16H2,1-3H3/t19-,22-,25-/m1/s1. The fourth-order valence-electron chi connectivity index (χ4n) is 5.01. The summed E-state index contributed by atoms with van der Waals surface area (Å²) in [6.07, 6.45) is 3.73. The van der Waals surface area contributed by atoms with Crippen LogP contribution in [0.4, 0.5) is 0 Å². The number of rotatable bonds is 8. The highest BCUT2D eigenvalue weighted by atomic mass is 16.6. The first-order chi connectivity index (χ1) is 15.9. The minimum atomic E-state index is -0.517. The number of ether oxygens (including phenoxy) is 3. The first-order valence-electron chi connectivity index (χ1n) is 11.6. The minimum Gasteiger partial charge on any atom is -0.471 e. The molecular weight excluding hydrogens is 424 g/mol. The van der Waals surface area contributed by atoms with Crippen molar-refractivity contribution < 1.29 is 28.3 Å². The van der Waals surface area contributed by atoms with Gasteiger partial charge in [0.05, 0.1) is 18.2 Å². The fourth-order valence-corrected chi connectivity index (χ4v) is 5.01. The third kappa shape index (κ3) is 5.05. The average molecular weight is 457 g/mol. The van der Waals surface area contributed by atoms with Crippen LogP contribution in [-0.2, 0) is 14.3 Å². The summed E-state index contributed by atoms with van der Waals surface area (Å²) < 4.78 is 22.2. The summed E-state index contributed by atoms with van der Waals surface area (Å²) in [5, 5.41) is 4.03. The number of nitrogens with zero attached hydrogens (tertiary/aromatic N) is 2. The SMILES string of the molecule is COC(=O)[C@@H](c1cc(O[C@@H]2CC[C@@]3(COC(=O)c4ccccc4)CCCN3C2)no1)C(C)C. The number of carbonyl (C=O) groups is 2. The van der Waals surface area contributed by atoms with E-state index in [4.69, 9.17) is 18.7 Å². The van der Waals surface area contributed by atoms with Crippen LogP contribution in [0.15, 0.2) is 40.9 Å². The van der Waals surface area contributed by atoms with Gasteiger partial charge >= 0.3 is 11.9 Å². The number of carbonyl (C=O) groups excluding carboxylic acids is 2. The molecule has 0 N–H and O–H groups in total. The Hall–Kier alpha value is -2.87. The van der Waals surface area contributed by atoms with Crippen LogP contribution in [0.3, 0.4) is 0 Å². The second kappa shape index (κ2) is 9.95. The largest absolute Gasteiger partial charge is 0.471 e. The molecule has 1 aromatic heterocycles. The van der Waals surface area contributed by atoms with E-state index >= 15 is 0 Å². The molecule has 0 aliphatic carbocycles. The number of hydrogen-bond donors (Lipinski definition) is 0. The number of fused-ring (bicyclic) bond motifs is 1. The van der Waals surface area contributed by atoms with E-state index in [0.29, 0.717) is 23.8 Å². The third-order valence-electron chi connectivity index (χ3n) is 6.80. The molecule has 0 amide bonds. The molecule has 2 fully saturated rings. The van der Waals surface area contributed by atoms with Gasteiger partial charge in [-0.05, 0) is 55.4 Å². The lowest BCUT2D eigenvalue weighted by Crippen LogP contribution is -2.55. The van der Waals surface area contributed by atoms with Crippen molar-refractivity contribution in [2.24, 2.45) is 5.92 Å². The Kier molecular flexibility index (Phi) is 7.02. The van der Waals surface area contributed by atoms with Crippen molar-refractivity contribution in [2.45, 2.75) is 57.1 Å². The third-order valence-corrected chi connectivity index (χ3v) is 6.80. The first kappa shape index (κ1) is 23.3. The molecule has 0 spiro atoms. The number of methoxy groups -OCH3 is 1. The maximum Gasteiger partial charge on any atom is 0.338 e. The van der Waals surface area contributed by atoms with Crippen LogP contribution in [0.2, 0.25) is 0 Å². The Labute approximate surface area is 194 Å². The van der Waals surface area contributed by atoms with Gasteiger partial charge in [-0.15, -0.1) is 0 Å². The molecule has 3 heterocycles. The second-order valence-corrected chi connectivity index (χ2v) is 9.31. The van der Waals surface area contributed by atoms with Crippen molar-refractivity contribution in [2.75, 3.05) is 26.8 Å². The lowest BCUT2D eigenvalue weighted by Gasteiger charge is -2.44. The summed E-state index contributed by atoms with van der Waals surface area (Å²) in [5.74, 6) is -0.306. The quantitative estimate of drug-likeness (QED) is 0.554. The molecule has 0 saturated carbocycles. The van der Waals surface area contributed by atoms with Gasteiger partial charge in [0.1, 0.15) is 18.6 Å². The van der Waals surface area contributed by atoms with Crippen molar-refractivity contribution in [1.29, 1.82) is 0 Å². The predicted octanol–water partition coefficient (Wildman–Crippen LogP) is 3.82. The number of esters is 2. The number of hydrogen-bond acceptors (Lipinski definition) is 8. The molecule has 178 valence electrons. The zero-order chi connectivity index (χ0) is 23.4. The van der Waals surface area contributed by atoms with Crippen LogP contribution < -0.4 is 4.74 Å². The molecule has 0 radical (unpaired) electrons. The molecule has 0 bridgehead atoms. The molecule has 2 saturated heterocycles. The highest BCUT2D eigenvalue weighted by Gasteiger charge is 2.46. The van der Waals surface area contributed by atoms with E-state index in [1.165, 1.54) is 7.11 Å². The van der Waals surface area contributed by atoms with Crippen LogP contribution >= 0.6 is 0 Å². The molecule has 33 heavy (non-hydrogen) atoms. The summed E-state index contributed by atoms with van der Waals surface area (Å²) in [4.78, 5) is 26.9. The number of aromatic nitrogens is 1. The highest BCUT2D eigenvalue weighted by molar-refractivity contribution is 5.89. The summed E-state index contributed by atoms with van der Waals surface area (Å²) in [6.45, 7) is 5.93. The van der Waals surface area contributed by atoms with E-state index in [1.54, 1.807) is 18.2 Å². The first-order valence-corrected chi connectivity index (χ1v) is 11.6. The molecule has 0 unspecified atom stereocenters. The van der Waals surface area contributed by atoms with E-state index in [-0.39, 0.29) is 29.5 Å². The van der Waals surface area contributed by atoms with E-state index in [1.807, 2.05) is 32.0 Å². The lowest BCUT2D eigenvalue weighted by molar-refractivity contribution is -0.144. The lowest BCUT2D eigenvalue weighted by atomic mass is 9.86. The Morgan fingerprint density at radius 3 is 2.76 bits per heavy atom. The van der Waals surface area contributed by atoms with Crippen LogP contribution in [0, 0.1) is 5.92 Å². The van der Waals surface area contributed by atoms with Crippen molar-refractivity contribution in [3.8, 4) is 5.88 Å². The molecule has 2 aliphatic rings. The van der Waals surface area contributed by atoms with E-state index in [9.17, 15) is 9.59 Å². The summed E-state index contributed by atoms with van der Waals surface area (Å²) in [7, 11) is 1.37. The topological polar surface area (TPSA) is 91.1 Å².